The van der Waals surface area contributed by atoms with Gasteiger partial charge in [-0.1, -0.05) is 36.7 Å². The van der Waals surface area contributed by atoms with Crippen molar-refractivity contribution >= 4 is 46.8 Å². The van der Waals surface area contributed by atoms with Crippen LogP contribution in [0.2, 0.25) is 5.02 Å². The Morgan fingerprint density at radius 2 is 2.15 bits per heavy atom. The monoisotopic (exact) mass is 506 g/mol. The Morgan fingerprint density at radius 3 is 2.76 bits per heavy atom. The van der Waals surface area contributed by atoms with E-state index in [0.717, 1.165) is 6.42 Å². The highest BCUT2D eigenvalue weighted by Gasteiger charge is 2.77. The minimum atomic E-state index is -0.854. The van der Waals surface area contributed by atoms with E-state index in [2.05, 4.69) is 13.5 Å². The van der Waals surface area contributed by atoms with Crippen LogP contribution in [0.1, 0.15) is 27.2 Å². The lowest BCUT2D eigenvalue weighted by Gasteiger charge is -2.41. The summed E-state index contributed by atoms with van der Waals surface area (Å²) in [5, 5.41) is 10.3. The van der Waals surface area contributed by atoms with Gasteiger partial charge in [-0.05, 0) is 38.3 Å². The van der Waals surface area contributed by atoms with Crippen molar-refractivity contribution in [2.24, 2.45) is 17.8 Å². The Balaban J connectivity index is 1.85. The summed E-state index contributed by atoms with van der Waals surface area (Å²) in [4.78, 5) is 44.3. The average molecular weight is 507 g/mol. The zero-order valence-electron chi connectivity index (χ0n) is 19.6. The van der Waals surface area contributed by atoms with Crippen LogP contribution < -0.4 is 4.90 Å². The number of hydrogen-bond donors (Lipinski definition) is 1. The SMILES string of the molecule is C=CCN(C(=O)C1N([C@H](C)CO)C(=O)[C@@H]2[C@H](C(=O)OCC)[C@@H]3CC(C)C12S3)c1ccccc1Cl. The van der Waals surface area contributed by atoms with Crippen LogP contribution in [0.5, 0.6) is 0 Å². The van der Waals surface area contributed by atoms with Crippen molar-refractivity contribution in [1.82, 2.24) is 4.90 Å². The molecule has 1 aromatic rings. The number of nitrogens with zero attached hydrogens (tertiary/aromatic N) is 2. The summed E-state index contributed by atoms with van der Waals surface area (Å²) < 4.78 is 4.57. The van der Waals surface area contributed by atoms with Gasteiger partial charge in [0, 0.05) is 11.8 Å². The van der Waals surface area contributed by atoms with E-state index in [4.69, 9.17) is 16.3 Å². The quantitative estimate of drug-likeness (QED) is 0.430. The summed E-state index contributed by atoms with van der Waals surface area (Å²) in [5.74, 6) is -2.20. The van der Waals surface area contributed by atoms with Gasteiger partial charge >= 0.3 is 5.97 Å². The highest BCUT2D eigenvalue weighted by Crippen LogP contribution is 2.69. The largest absolute Gasteiger partial charge is 0.466 e. The molecule has 1 spiro atoms. The number of aliphatic hydroxyl groups excluding tert-OH is 1. The van der Waals surface area contributed by atoms with Gasteiger partial charge in [-0.2, -0.15) is 0 Å². The summed E-state index contributed by atoms with van der Waals surface area (Å²) in [5.41, 5.74) is 0.533. The molecule has 4 rings (SSSR count). The molecule has 1 aromatic carbocycles. The van der Waals surface area contributed by atoms with Gasteiger partial charge in [-0.15, -0.1) is 18.3 Å². The molecule has 0 saturated carbocycles. The molecule has 2 amide bonds. The maximum atomic E-state index is 14.4. The maximum Gasteiger partial charge on any atom is 0.310 e. The number of ether oxygens (including phenoxy) is 1. The molecule has 34 heavy (non-hydrogen) atoms. The van der Waals surface area contributed by atoms with Crippen molar-refractivity contribution in [1.29, 1.82) is 0 Å². The normalized spacial score (nSPS) is 32.4. The van der Waals surface area contributed by atoms with Gasteiger partial charge in [0.25, 0.3) is 5.91 Å². The van der Waals surface area contributed by atoms with Crippen LogP contribution in [0.3, 0.4) is 0 Å². The van der Waals surface area contributed by atoms with Crippen LogP contribution >= 0.6 is 23.4 Å². The number of rotatable bonds is 8. The Morgan fingerprint density at radius 1 is 1.44 bits per heavy atom. The number of esters is 1. The first kappa shape index (κ1) is 25.1. The third-order valence-corrected chi connectivity index (χ3v) is 9.83. The summed E-state index contributed by atoms with van der Waals surface area (Å²) in [6.45, 7) is 9.48. The first-order chi connectivity index (χ1) is 16.2. The van der Waals surface area contributed by atoms with Crippen LogP contribution in [0, 0.1) is 17.8 Å². The van der Waals surface area contributed by atoms with E-state index in [9.17, 15) is 19.5 Å². The number of aliphatic hydroxyl groups is 1. The zero-order valence-corrected chi connectivity index (χ0v) is 21.2. The minimum Gasteiger partial charge on any atom is -0.466 e. The van der Waals surface area contributed by atoms with E-state index < -0.39 is 28.7 Å². The standard InChI is InChI=1S/C25H31ClN2O5S/c1-5-11-27(17-10-8-7-9-16(17)26)23(31)21-25-14(3)12-18(34-25)19(24(32)33-6-2)20(25)22(30)28(21)15(4)13-29/h5,7-10,14-15,18-21,29H,1,6,11-13H2,2-4H3/t14?,15-,18+,19-,20+,21?,25?/m1/s1. The number of thioether (sulfide) groups is 1. The Hall–Kier alpha value is -2.03. The van der Waals surface area contributed by atoms with Gasteiger partial charge in [0.2, 0.25) is 5.91 Å². The van der Waals surface area contributed by atoms with Gasteiger partial charge in [0.1, 0.15) is 6.04 Å². The van der Waals surface area contributed by atoms with E-state index in [-0.39, 0.29) is 48.7 Å². The molecule has 1 N–H and O–H groups in total. The van der Waals surface area contributed by atoms with E-state index >= 15 is 0 Å². The Kier molecular flexibility index (Phi) is 7.04. The van der Waals surface area contributed by atoms with Crippen molar-refractivity contribution in [2.75, 3.05) is 24.7 Å². The molecule has 7 nitrogen and oxygen atoms in total. The molecule has 2 bridgehead atoms. The summed E-state index contributed by atoms with van der Waals surface area (Å²) in [6.07, 6.45) is 2.34. The predicted molar refractivity (Wildman–Crippen MR) is 133 cm³/mol. The topological polar surface area (TPSA) is 87.2 Å². The second-order valence-electron chi connectivity index (χ2n) is 9.27. The van der Waals surface area contributed by atoms with Gasteiger partial charge in [-0.3, -0.25) is 14.4 Å². The van der Waals surface area contributed by atoms with Gasteiger partial charge in [0.05, 0.1) is 46.5 Å². The molecule has 3 saturated heterocycles. The zero-order chi connectivity index (χ0) is 24.8. The summed E-state index contributed by atoms with van der Waals surface area (Å²) >= 11 is 8.04. The number of halogens is 1. The minimum absolute atomic E-state index is 0.0174. The number of carbonyl (C=O) groups excluding carboxylic acids is 3. The van der Waals surface area contributed by atoms with Gasteiger partial charge < -0.3 is 19.6 Å². The molecular formula is C25H31ClN2O5S. The molecule has 3 fully saturated rings. The van der Waals surface area contributed by atoms with E-state index in [1.54, 1.807) is 60.9 Å². The molecule has 3 aliphatic rings. The number of hydrogen-bond acceptors (Lipinski definition) is 6. The smallest absolute Gasteiger partial charge is 0.310 e. The molecule has 3 unspecified atom stereocenters. The molecule has 184 valence electrons. The van der Waals surface area contributed by atoms with Crippen molar-refractivity contribution in [3.63, 3.8) is 0 Å². The number of amides is 2. The number of para-hydroxylation sites is 1. The summed E-state index contributed by atoms with van der Waals surface area (Å²) in [6, 6.07) is 5.62. The van der Waals surface area contributed by atoms with Gasteiger partial charge in [0.15, 0.2) is 0 Å². The fourth-order valence-corrected chi connectivity index (χ4v) is 8.69. The van der Waals surface area contributed by atoms with E-state index in [1.165, 1.54) is 4.90 Å². The van der Waals surface area contributed by atoms with Gasteiger partial charge in [-0.25, -0.2) is 0 Å². The molecule has 0 aromatic heterocycles. The lowest BCUT2D eigenvalue weighted by molar-refractivity contribution is -0.154. The molecule has 3 heterocycles. The van der Waals surface area contributed by atoms with Crippen LogP contribution in [0.15, 0.2) is 36.9 Å². The summed E-state index contributed by atoms with van der Waals surface area (Å²) in [7, 11) is 0. The van der Waals surface area contributed by atoms with Crippen LogP contribution in [0.25, 0.3) is 0 Å². The molecular weight excluding hydrogens is 476 g/mol. The molecule has 0 radical (unpaired) electrons. The Labute approximate surface area is 209 Å². The van der Waals surface area contributed by atoms with Crippen LogP contribution in [-0.2, 0) is 19.1 Å². The highest BCUT2D eigenvalue weighted by molar-refractivity contribution is 8.02. The van der Waals surface area contributed by atoms with Crippen molar-refractivity contribution in [3.05, 3.63) is 41.9 Å². The maximum absolute atomic E-state index is 14.4. The predicted octanol–water partition coefficient (Wildman–Crippen LogP) is 3.14. The first-order valence-electron chi connectivity index (χ1n) is 11.7. The second-order valence-corrected chi connectivity index (χ2v) is 11.2. The van der Waals surface area contributed by atoms with E-state index in [1.807, 2.05) is 0 Å². The lowest BCUT2D eigenvalue weighted by Crippen LogP contribution is -2.59. The number of fused-ring (bicyclic) bond motifs is 1. The lowest BCUT2D eigenvalue weighted by atomic mass is 9.66. The number of anilines is 1. The van der Waals surface area contributed by atoms with Crippen molar-refractivity contribution in [3.8, 4) is 0 Å². The fraction of sp³-hybridized carbons (Fsp3) is 0.560. The number of carbonyl (C=O) groups is 3. The van der Waals surface area contributed by atoms with Crippen LogP contribution in [-0.4, -0.2) is 69.6 Å². The Bertz CT molecular complexity index is 1010. The van der Waals surface area contributed by atoms with Crippen LogP contribution in [0.4, 0.5) is 5.69 Å². The average Bonchev–Trinajstić information content (AvgIpc) is 3.41. The molecule has 9 heteroatoms. The third-order valence-electron chi connectivity index (χ3n) is 7.44. The first-order valence-corrected chi connectivity index (χ1v) is 12.9. The van der Waals surface area contributed by atoms with E-state index in [0.29, 0.717) is 10.7 Å². The third kappa shape index (κ3) is 3.57. The van der Waals surface area contributed by atoms with Crippen molar-refractivity contribution < 1.29 is 24.2 Å². The highest BCUT2D eigenvalue weighted by atomic mass is 35.5. The molecule has 3 aliphatic heterocycles. The molecule has 0 aliphatic carbocycles. The number of likely N-dealkylation sites (tertiary alicyclic amines) is 1. The number of benzene rings is 1. The second kappa shape index (κ2) is 9.55. The van der Waals surface area contributed by atoms with Crippen molar-refractivity contribution in [2.45, 2.75) is 49.3 Å². The fourth-order valence-electron chi connectivity index (χ4n) is 6.06. The molecule has 7 atom stereocenters.